The lowest BCUT2D eigenvalue weighted by molar-refractivity contribution is 0.194. The first kappa shape index (κ1) is 19.1. The Morgan fingerprint density at radius 2 is 1.81 bits per heavy atom. The Morgan fingerprint density at radius 1 is 1.15 bits per heavy atom. The summed E-state index contributed by atoms with van der Waals surface area (Å²) < 4.78 is 12.9. The number of rotatable bonds is 5. The van der Waals surface area contributed by atoms with Gasteiger partial charge < -0.3 is 19.1 Å². The van der Waals surface area contributed by atoms with Gasteiger partial charge in [-0.05, 0) is 23.7 Å². The average Bonchev–Trinajstić information content (AvgIpc) is 3.10. The highest BCUT2D eigenvalue weighted by atomic mass is 28.4. The molecule has 0 spiro atoms. The van der Waals surface area contributed by atoms with E-state index in [-0.39, 0.29) is 11.1 Å². The molecule has 1 unspecified atom stereocenters. The molecule has 1 fully saturated rings. The zero-order chi connectivity index (χ0) is 18.8. The monoisotopic (exact) mass is 373 g/mol. The SMILES string of the molecule is CC(C)(C)[Si](C)(C)OC(c1ccccc1)c1cnc(N2CCNCC2)o1. The molecule has 1 aromatic carbocycles. The molecule has 0 radical (unpaired) electrons. The van der Waals surface area contributed by atoms with Gasteiger partial charge in [0.15, 0.2) is 14.1 Å². The number of hydrogen-bond donors (Lipinski definition) is 1. The molecule has 1 saturated heterocycles. The lowest BCUT2D eigenvalue weighted by Gasteiger charge is -2.38. The number of anilines is 1. The Balaban J connectivity index is 1.90. The Hall–Kier alpha value is -1.63. The standard InChI is InChI=1S/C20H31N3O2Si/c1-20(2,3)26(4,5)25-18(16-9-7-6-8-10-16)17-15-22-19(24-17)23-13-11-21-12-14-23/h6-10,15,18,21H,11-14H2,1-5H3. The number of nitrogens with one attached hydrogen (secondary N) is 1. The van der Waals surface area contributed by atoms with Crippen molar-refractivity contribution >= 4 is 14.3 Å². The second-order valence-electron chi connectivity index (χ2n) is 8.45. The summed E-state index contributed by atoms with van der Waals surface area (Å²) in [5.41, 5.74) is 1.11. The van der Waals surface area contributed by atoms with Crippen molar-refractivity contribution in [3.05, 3.63) is 47.9 Å². The molecule has 0 aliphatic carbocycles. The number of aromatic nitrogens is 1. The van der Waals surface area contributed by atoms with Crippen LogP contribution in [0.3, 0.4) is 0 Å². The fourth-order valence-electron chi connectivity index (χ4n) is 2.79. The highest BCUT2D eigenvalue weighted by molar-refractivity contribution is 6.74. The van der Waals surface area contributed by atoms with E-state index in [1.807, 2.05) is 24.4 Å². The van der Waals surface area contributed by atoms with Crippen LogP contribution in [-0.4, -0.2) is 39.5 Å². The fraction of sp³-hybridized carbons (Fsp3) is 0.550. The van der Waals surface area contributed by atoms with Gasteiger partial charge in [0.2, 0.25) is 0 Å². The minimum absolute atomic E-state index is 0.126. The molecule has 1 aliphatic rings. The summed E-state index contributed by atoms with van der Waals surface area (Å²) in [6.45, 7) is 15.1. The third kappa shape index (κ3) is 4.19. The van der Waals surface area contributed by atoms with Crippen LogP contribution in [0.1, 0.15) is 38.2 Å². The van der Waals surface area contributed by atoms with E-state index in [1.54, 1.807) is 0 Å². The maximum absolute atomic E-state index is 6.75. The maximum Gasteiger partial charge on any atom is 0.297 e. The molecular formula is C20H31N3O2Si. The zero-order valence-electron chi connectivity index (χ0n) is 16.6. The van der Waals surface area contributed by atoms with E-state index >= 15 is 0 Å². The first-order valence-electron chi connectivity index (χ1n) is 9.42. The lowest BCUT2D eigenvalue weighted by Crippen LogP contribution is -2.43. The van der Waals surface area contributed by atoms with Gasteiger partial charge >= 0.3 is 0 Å². The van der Waals surface area contributed by atoms with Crippen molar-refractivity contribution in [3.8, 4) is 0 Å². The van der Waals surface area contributed by atoms with Gasteiger partial charge in [-0.25, -0.2) is 4.98 Å². The number of nitrogens with zero attached hydrogens (tertiary/aromatic N) is 2. The third-order valence-corrected chi connectivity index (χ3v) is 9.92. The molecule has 1 N–H and O–H groups in total. The minimum atomic E-state index is -1.98. The van der Waals surface area contributed by atoms with Gasteiger partial charge in [0.05, 0.1) is 6.20 Å². The van der Waals surface area contributed by atoms with Crippen molar-refractivity contribution < 1.29 is 8.84 Å². The number of benzene rings is 1. The highest BCUT2D eigenvalue weighted by Gasteiger charge is 2.40. The molecule has 0 amide bonds. The van der Waals surface area contributed by atoms with E-state index in [9.17, 15) is 0 Å². The first-order valence-corrected chi connectivity index (χ1v) is 12.3. The molecule has 1 aromatic heterocycles. The van der Waals surface area contributed by atoms with E-state index in [1.165, 1.54) is 0 Å². The van der Waals surface area contributed by atoms with Crippen molar-refractivity contribution in [1.82, 2.24) is 10.3 Å². The molecule has 2 heterocycles. The van der Waals surface area contributed by atoms with Crippen LogP contribution in [0.25, 0.3) is 0 Å². The highest BCUT2D eigenvalue weighted by Crippen LogP contribution is 2.41. The molecular weight excluding hydrogens is 342 g/mol. The number of oxazole rings is 1. The van der Waals surface area contributed by atoms with Crippen LogP contribution in [0.4, 0.5) is 6.01 Å². The van der Waals surface area contributed by atoms with Gasteiger partial charge in [-0.3, -0.25) is 0 Å². The Bertz CT molecular complexity index is 703. The molecule has 2 aromatic rings. The van der Waals surface area contributed by atoms with Gasteiger partial charge in [-0.15, -0.1) is 0 Å². The Kier molecular flexibility index (Phi) is 5.55. The molecule has 0 saturated carbocycles. The second-order valence-corrected chi connectivity index (χ2v) is 13.2. The lowest BCUT2D eigenvalue weighted by atomic mass is 10.1. The normalized spacial score (nSPS) is 17.3. The van der Waals surface area contributed by atoms with Gasteiger partial charge in [-0.2, -0.15) is 0 Å². The molecule has 0 bridgehead atoms. The van der Waals surface area contributed by atoms with Gasteiger partial charge in [0.1, 0.15) is 6.10 Å². The second kappa shape index (κ2) is 7.54. The molecule has 26 heavy (non-hydrogen) atoms. The van der Waals surface area contributed by atoms with E-state index in [0.717, 1.165) is 37.5 Å². The number of piperazine rings is 1. The quantitative estimate of drug-likeness (QED) is 0.796. The summed E-state index contributed by atoms with van der Waals surface area (Å²) in [4.78, 5) is 6.73. The largest absolute Gasteiger partial charge is 0.425 e. The number of hydrogen-bond acceptors (Lipinski definition) is 5. The summed E-state index contributed by atoms with van der Waals surface area (Å²) in [5, 5.41) is 3.48. The predicted molar refractivity (Wildman–Crippen MR) is 108 cm³/mol. The Labute approximate surface area is 157 Å². The molecule has 1 atom stereocenters. The zero-order valence-corrected chi connectivity index (χ0v) is 17.6. The van der Waals surface area contributed by atoms with Crippen molar-refractivity contribution in [2.75, 3.05) is 31.1 Å². The summed E-state index contributed by atoms with van der Waals surface area (Å²) in [6, 6.07) is 11.0. The van der Waals surface area contributed by atoms with Crippen LogP contribution in [0.5, 0.6) is 0 Å². The van der Waals surface area contributed by atoms with Crippen LogP contribution in [0.15, 0.2) is 40.9 Å². The summed E-state index contributed by atoms with van der Waals surface area (Å²) >= 11 is 0. The van der Waals surface area contributed by atoms with Gasteiger partial charge in [0.25, 0.3) is 6.01 Å². The predicted octanol–water partition coefficient (Wildman–Crippen LogP) is 4.20. The van der Waals surface area contributed by atoms with Crippen molar-refractivity contribution in [1.29, 1.82) is 0 Å². The average molecular weight is 374 g/mol. The third-order valence-electron chi connectivity index (χ3n) is 5.48. The van der Waals surface area contributed by atoms with Crippen molar-refractivity contribution in [2.24, 2.45) is 0 Å². The first-order chi connectivity index (χ1) is 12.3. The smallest absolute Gasteiger partial charge is 0.297 e. The van der Waals surface area contributed by atoms with E-state index < -0.39 is 8.32 Å². The molecule has 142 valence electrons. The molecule has 6 heteroatoms. The van der Waals surface area contributed by atoms with Crippen LogP contribution in [0, 0.1) is 0 Å². The van der Waals surface area contributed by atoms with Crippen LogP contribution < -0.4 is 10.2 Å². The van der Waals surface area contributed by atoms with Crippen molar-refractivity contribution in [3.63, 3.8) is 0 Å². The summed E-state index contributed by atoms with van der Waals surface area (Å²) in [6.07, 6.45) is 1.61. The van der Waals surface area contributed by atoms with Crippen LogP contribution in [-0.2, 0) is 4.43 Å². The van der Waals surface area contributed by atoms with Gasteiger partial charge in [-0.1, -0.05) is 51.1 Å². The minimum Gasteiger partial charge on any atom is -0.425 e. The summed E-state index contributed by atoms with van der Waals surface area (Å²) in [7, 11) is -1.98. The topological polar surface area (TPSA) is 50.5 Å². The summed E-state index contributed by atoms with van der Waals surface area (Å²) in [5.74, 6) is 0.787. The van der Waals surface area contributed by atoms with E-state index in [4.69, 9.17) is 8.84 Å². The van der Waals surface area contributed by atoms with E-state index in [0.29, 0.717) is 6.01 Å². The molecule has 5 nitrogen and oxygen atoms in total. The van der Waals surface area contributed by atoms with Crippen LogP contribution in [0.2, 0.25) is 18.1 Å². The fourth-order valence-corrected chi connectivity index (χ4v) is 3.99. The Morgan fingerprint density at radius 3 is 2.42 bits per heavy atom. The maximum atomic E-state index is 6.75. The molecule has 3 rings (SSSR count). The van der Waals surface area contributed by atoms with Gasteiger partial charge in [0, 0.05) is 26.2 Å². The molecule has 1 aliphatic heterocycles. The van der Waals surface area contributed by atoms with E-state index in [2.05, 4.69) is 61.2 Å². The van der Waals surface area contributed by atoms with Crippen molar-refractivity contribution in [2.45, 2.75) is 45.0 Å². The van der Waals surface area contributed by atoms with Crippen LogP contribution >= 0.6 is 0 Å².